The molecule has 116 valence electrons. The third-order valence-corrected chi connectivity index (χ3v) is 4.12. The summed E-state index contributed by atoms with van der Waals surface area (Å²) >= 11 is 0. The van der Waals surface area contributed by atoms with Crippen LogP contribution in [0.25, 0.3) is 0 Å². The molecule has 2 aliphatic rings. The van der Waals surface area contributed by atoms with E-state index in [4.69, 9.17) is 18.6 Å². The van der Waals surface area contributed by atoms with Crippen molar-refractivity contribution < 1.29 is 23.4 Å². The molecular weight excluding hydrogens is 274 g/mol. The Bertz CT molecular complexity index is 474. The second-order valence-electron chi connectivity index (χ2n) is 5.54. The van der Waals surface area contributed by atoms with Crippen molar-refractivity contribution in [1.29, 1.82) is 0 Å². The lowest BCUT2D eigenvalue weighted by Gasteiger charge is -2.43. The minimum absolute atomic E-state index is 0.0197. The summed E-state index contributed by atoms with van der Waals surface area (Å²) < 4.78 is 21.9. The highest BCUT2D eigenvalue weighted by molar-refractivity contribution is 5.94. The Morgan fingerprint density at radius 1 is 1.52 bits per heavy atom. The van der Waals surface area contributed by atoms with Crippen LogP contribution in [0.4, 0.5) is 0 Å². The van der Waals surface area contributed by atoms with Crippen molar-refractivity contribution in [3.8, 4) is 0 Å². The van der Waals surface area contributed by atoms with Crippen LogP contribution < -0.4 is 0 Å². The van der Waals surface area contributed by atoms with Crippen LogP contribution in [-0.4, -0.2) is 62.0 Å². The molecule has 6 heteroatoms. The van der Waals surface area contributed by atoms with Gasteiger partial charge in [0.25, 0.3) is 5.91 Å². The summed E-state index contributed by atoms with van der Waals surface area (Å²) in [4.78, 5) is 14.5. The largest absolute Gasteiger partial charge is 0.472 e. The number of hydrogen-bond donors (Lipinski definition) is 0. The van der Waals surface area contributed by atoms with Gasteiger partial charge in [-0.05, 0) is 13.0 Å². The number of ether oxygens (including phenoxy) is 3. The molecule has 3 rings (SSSR count). The van der Waals surface area contributed by atoms with E-state index in [-0.39, 0.29) is 17.6 Å². The molecule has 2 atom stereocenters. The molecule has 1 aromatic rings. The third kappa shape index (κ3) is 2.84. The van der Waals surface area contributed by atoms with Gasteiger partial charge in [0, 0.05) is 19.6 Å². The molecule has 0 aromatic carbocycles. The molecule has 0 N–H and O–H groups in total. The minimum atomic E-state index is -0.381. The van der Waals surface area contributed by atoms with Gasteiger partial charge in [-0.25, -0.2) is 0 Å². The highest BCUT2D eigenvalue weighted by Gasteiger charge is 2.49. The van der Waals surface area contributed by atoms with E-state index in [2.05, 4.69) is 0 Å². The smallest absolute Gasteiger partial charge is 0.257 e. The highest BCUT2D eigenvalue weighted by atomic mass is 16.5. The number of carbonyl (C=O) groups excluding carboxylic acids is 1. The van der Waals surface area contributed by atoms with E-state index in [1.165, 1.54) is 12.5 Å². The number of amides is 1. The van der Waals surface area contributed by atoms with Crippen molar-refractivity contribution in [3.05, 3.63) is 24.2 Å². The van der Waals surface area contributed by atoms with E-state index in [1.807, 2.05) is 11.8 Å². The van der Waals surface area contributed by atoms with Crippen LogP contribution in [0, 0.1) is 0 Å². The van der Waals surface area contributed by atoms with E-state index >= 15 is 0 Å². The summed E-state index contributed by atoms with van der Waals surface area (Å²) in [5.74, 6) is -0.0206. The average molecular weight is 295 g/mol. The first-order valence-electron chi connectivity index (χ1n) is 7.36. The van der Waals surface area contributed by atoms with Crippen LogP contribution >= 0.6 is 0 Å². The second-order valence-corrected chi connectivity index (χ2v) is 5.54. The van der Waals surface area contributed by atoms with Gasteiger partial charge in [0.15, 0.2) is 0 Å². The van der Waals surface area contributed by atoms with Crippen LogP contribution in [0.5, 0.6) is 0 Å². The fourth-order valence-electron chi connectivity index (χ4n) is 3.05. The normalized spacial score (nSPS) is 29.2. The van der Waals surface area contributed by atoms with Gasteiger partial charge in [0.05, 0.1) is 49.9 Å². The molecule has 2 fully saturated rings. The zero-order valence-corrected chi connectivity index (χ0v) is 12.2. The molecule has 2 saturated heterocycles. The molecule has 0 saturated carbocycles. The van der Waals surface area contributed by atoms with E-state index in [0.717, 1.165) is 6.42 Å². The monoisotopic (exact) mass is 295 g/mol. The Balaban J connectivity index is 1.74. The summed E-state index contributed by atoms with van der Waals surface area (Å²) in [6, 6.07) is 1.69. The average Bonchev–Trinajstić information content (AvgIpc) is 3.16. The summed E-state index contributed by atoms with van der Waals surface area (Å²) in [5, 5.41) is 0. The molecular formula is C15H21NO5. The molecule has 6 nitrogen and oxygen atoms in total. The summed E-state index contributed by atoms with van der Waals surface area (Å²) in [5.41, 5.74) is 0.193. The first-order valence-corrected chi connectivity index (χ1v) is 7.36. The number of hydrogen-bond acceptors (Lipinski definition) is 5. The second kappa shape index (κ2) is 6.17. The van der Waals surface area contributed by atoms with Crippen LogP contribution in [0.3, 0.4) is 0 Å². The van der Waals surface area contributed by atoms with Crippen molar-refractivity contribution in [2.24, 2.45) is 0 Å². The SMILES string of the molecule is CCOC[C@H]1C[C@]2(COCCN2C(=O)c2ccoc2)CO1. The van der Waals surface area contributed by atoms with Gasteiger partial charge < -0.3 is 23.5 Å². The molecule has 0 radical (unpaired) electrons. The van der Waals surface area contributed by atoms with Gasteiger partial charge in [0.2, 0.25) is 0 Å². The number of nitrogens with zero attached hydrogens (tertiary/aromatic N) is 1. The Morgan fingerprint density at radius 3 is 3.19 bits per heavy atom. The molecule has 2 aliphatic heterocycles. The van der Waals surface area contributed by atoms with Crippen LogP contribution in [0.2, 0.25) is 0 Å². The van der Waals surface area contributed by atoms with Gasteiger partial charge in [-0.3, -0.25) is 4.79 Å². The Kier molecular flexibility index (Phi) is 4.28. The van der Waals surface area contributed by atoms with Crippen LogP contribution in [-0.2, 0) is 14.2 Å². The lowest BCUT2D eigenvalue weighted by atomic mass is 9.92. The van der Waals surface area contributed by atoms with E-state index < -0.39 is 0 Å². The number of morpholine rings is 1. The summed E-state index contributed by atoms with van der Waals surface area (Å²) in [7, 11) is 0. The quantitative estimate of drug-likeness (QED) is 0.838. The molecule has 0 unspecified atom stereocenters. The predicted molar refractivity (Wildman–Crippen MR) is 74.1 cm³/mol. The third-order valence-electron chi connectivity index (χ3n) is 4.12. The van der Waals surface area contributed by atoms with E-state index in [1.54, 1.807) is 6.07 Å². The number of carbonyl (C=O) groups is 1. The van der Waals surface area contributed by atoms with Crippen molar-refractivity contribution in [2.75, 3.05) is 39.6 Å². The maximum absolute atomic E-state index is 12.7. The van der Waals surface area contributed by atoms with Crippen molar-refractivity contribution in [2.45, 2.75) is 25.0 Å². The highest BCUT2D eigenvalue weighted by Crippen LogP contribution is 2.34. The Morgan fingerprint density at radius 2 is 2.43 bits per heavy atom. The lowest BCUT2D eigenvalue weighted by Crippen LogP contribution is -2.59. The van der Waals surface area contributed by atoms with Crippen molar-refractivity contribution in [3.63, 3.8) is 0 Å². The van der Waals surface area contributed by atoms with Gasteiger partial charge in [-0.1, -0.05) is 0 Å². The number of rotatable bonds is 4. The molecule has 21 heavy (non-hydrogen) atoms. The fourth-order valence-corrected chi connectivity index (χ4v) is 3.05. The van der Waals surface area contributed by atoms with Crippen LogP contribution in [0.1, 0.15) is 23.7 Å². The number of furan rings is 1. The van der Waals surface area contributed by atoms with Gasteiger partial charge in [0.1, 0.15) is 6.26 Å². The van der Waals surface area contributed by atoms with E-state index in [0.29, 0.717) is 45.1 Å². The molecule has 3 heterocycles. The lowest BCUT2D eigenvalue weighted by molar-refractivity contribution is -0.0559. The van der Waals surface area contributed by atoms with Crippen molar-refractivity contribution >= 4 is 5.91 Å². The standard InChI is InChI=1S/C15H21NO5/c1-2-18-9-13-7-15(11-21-13)10-20-6-4-16(15)14(17)12-3-5-19-8-12/h3,5,8,13H,2,4,6-7,9-11H2,1H3/t13-,15+/m1/s1. The minimum Gasteiger partial charge on any atom is -0.472 e. The van der Waals surface area contributed by atoms with Gasteiger partial charge >= 0.3 is 0 Å². The van der Waals surface area contributed by atoms with E-state index in [9.17, 15) is 4.79 Å². The molecule has 1 aromatic heterocycles. The zero-order valence-electron chi connectivity index (χ0n) is 12.2. The Labute approximate surface area is 123 Å². The van der Waals surface area contributed by atoms with Crippen LogP contribution in [0.15, 0.2) is 23.0 Å². The van der Waals surface area contributed by atoms with Crippen molar-refractivity contribution in [1.82, 2.24) is 4.90 Å². The molecule has 1 amide bonds. The molecule has 0 bridgehead atoms. The molecule has 1 spiro atoms. The van der Waals surface area contributed by atoms with Gasteiger partial charge in [-0.15, -0.1) is 0 Å². The first kappa shape index (κ1) is 14.6. The fraction of sp³-hybridized carbons (Fsp3) is 0.667. The molecule has 0 aliphatic carbocycles. The van der Waals surface area contributed by atoms with Gasteiger partial charge in [-0.2, -0.15) is 0 Å². The maximum atomic E-state index is 12.7. The summed E-state index contributed by atoms with van der Waals surface area (Å²) in [6.07, 6.45) is 3.77. The summed E-state index contributed by atoms with van der Waals surface area (Å²) in [6.45, 7) is 5.33. The Hall–Kier alpha value is -1.37. The maximum Gasteiger partial charge on any atom is 0.257 e. The zero-order chi connectivity index (χ0) is 14.7. The predicted octanol–water partition coefficient (Wildman–Crippen LogP) is 1.32. The topological polar surface area (TPSA) is 61.1 Å². The first-order chi connectivity index (χ1) is 10.2.